The molecule has 2 atom stereocenters. The molecule has 2 amide bonds. The summed E-state index contributed by atoms with van der Waals surface area (Å²) in [7, 11) is 1.18. The van der Waals surface area contributed by atoms with Gasteiger partial charge >= 0.3 is 5.97 Å². The van der Waals surface area contributed by atoms with Crippen molar-refractivity contribution in [3.8, 4) is 6.07 Å². The van der Waals surface area contributed by atoms with Gasteiger partial charge in [0, 0.05) is 19.8 Å². The average Bonchev–Trinajstić information content (AvgIpc) is 2.58. The van der Waals surface area contributed by atoms with Gasteiger partial charge in [-0.1, -0.05) is 12.1 Å². The van der Waals surface area contributed by atoms with Crippen LogP contribution < -0.4 is 10.6 Å². The van der Waals surface area contributed by atoms with E-state index in [4.69, 9.17) is 5.26 Å². The second-order valence-corrected chi connectivity index (χ2v) is 5.36. The van der Waals surface area contributed by atoms with Crippen LogP contribution in [0, 0.1) is 17.1 Å². The van der Waals surface area contributed by atoms with Gasteiger partial charge in [-0.2, -0.15) is 5.26 Å². The maximum atomic E-state index is 13.0. The van der Waals surface area contributed by atoms with E-state index in [2.05, 4.69) is 15.4 Å². The molecule has 1 aromatic carbocycles. The number of ether oxygens (including phenoxy) is 1. The van der Waals surface area contributed by atoms with Crippen LogP contribution in [0.15, 0.2) is 24.3 Å². The van der Waals surface area contributed by atoms with Crippen molar-refractivity contribution in [2.75, 3.05) is 7.11 Å². The lowest BCUT2D eigenvalue weighted by atomic mass is 10.0. The van der Waals surface area contributed by atoms with Crippen molar-refractivity contribution in [1.29, 1.82) is 5.26 Å². The smallest absolute Gasteiger partial charge is 0.328 e. The van der Waals surface area contributed by atoms with Crippen molar-refractivity contribution in [2.45, 2.75) is 38.3 Å². The Balaban J connectivity index is 2.86. The van der Waals surface area contributed by atoms with E-state index < -0.39 is 35.7 Å². The molecule has 0 aromatic heterocycles. The van der Waals surface area contributed by atoms with Crippen LogP contribution in [0.3, 0.4) is 0 Å². The highest BCUT2D eigenvalue weighted by Gasteiger charge is 2.26. The molecule has 0 heterocycles. The number of amides is 2. The number of methoxy groups -OCH3 is 1. The number of nitrogens with zero attached hydrogens (tertiary/aromatic N) is 1. The molecule has 0 saturated heterocycles. The number of rotatable bonds is 8. The molecule has 0 aliphatic carbocycles. The van der Waals surface area contributed by atoms with Crippen LogP contribution in [-0.4, -0.2) is 37.0 Å². The average molecular weight is 349 g/mol. The molecule has 0 fully saturated rings. The zero-order valence-corrected chi connectivity index (χ0v) is 14.0. The van der Waals surface area contributed by atoms with Gasteiger partial charge in [0.2, 0.25) is 11.8 Å². The third-order valence-corrected chi connectivity index (χ3v) is 3.39. The predicted molar refractivity (Wildman–Crippen MR) is 86.5 cm³/mol. The van der Waals surface area contributed by atoms with Crippen LogP contribution >= 0.6 is 0 Å². The van der Waals surface area contributed by atoms with E-state index in [0.717, 1.165) is 0 Å². The van der Waals surface area contributed by atoms with Gasteiger partial charge in [-0.3, -0.25) is 9.59 Å². The van der Waals surface area contributed by atoms with E-state index in [1.165, 1.54) is 38.3 Å². The predicted octanol–water partition coefficient (Wildman–Crippen LogP) is 0.834. The molecule has 7 nitrogen and oxygen atoms in total. The number of nitriles is 1. The van der Waals surface area contributed by atoms with Gasteiger partial charge in [-0.15, -0.1) is 0 Å². The largest absolute Gasteiger partial charge is 0.467 e. The zero-order chi connectivity index (χ0) is 18.8. The lowest BCUT2D eigenvalue weighted by molar-refractivity contribution is -0.145. The van der Waals surface area contributed by atoms with Gasteiger partial charge in [0.1, 0.15) is 17.9 Å². The Kier molecular flexibility index (Phi) is 8.06. The minimum atomic E-state index is -0.985. The quantitative estimate of drug-likeness (QED) is 0.676. The Morgan fingerprint density at radius 3 is 2.36 bits per heavy atom. The first-order valence-electron chi connectivity index (χ1n) is 7.64. The standard InChI is InChI=1S/C17H20FN3O4/c1-11(22)20-15(10-12-5-7-13(18)8-6-12)16(23)21-14(4-3-9-19)17(24)25-2/h5-8,14-15H,3-4,10H2,1-2H3,(H,20,22)(H,21,23)/t14-,15+/m1/s1. The van der Waals surface area contributed by atoms with Crippen molar-refractivity contribution in [1.82, 2.24) is 10.6 Å². The third kappa shape index (κ3) is 6.99. The number of carbonyl (C=O) groups excluding carboxylic acids is 3. The van der Waals surface area contributed by atoms with Gasteiger partial charge in [0.05, 0.1) is 13.2 Å². The van der Waals surface area contributed by atoms with E-state index >= 15 is 0 Å². The molecule has 0 spiro atoms. The van der Waals surface area contributed by atoms with Gasteiger partial charge in [-0.25, -0.2) is 9.18 Å². The summed E-state index contributed by atoms with van der Waals surface area (Å²) >= 11 is 0. The van der Waals surface area contributed by atoms with E-state index in [0.29, 0.717) is 5.56 Å². The Labute approximate surface area is 145 Å². The van der Waals surface area contributed by atoms with Crippen molar-refractivity contribution in [2.24, 2.45) is 0 Å². The Bertz CT molecular complexity index is 655. The first kappa shape index (κ1) is 20.1. The van der Waals surface area contributed by atoms with Crippen LogP contribution in [0.2, 0.25) is 0 Å². The zero-order valence-electron chi connectivity index (χ0n) is 14.0. The summed E-state index contributed by atoms with van der Waals surface area (Å²) in [6.07, 6.45) is 0.277. The number of hydrogen-bond donors (Lipinski definition) is 2. The monoisotopic (exact) mass is 349 g/mol. The van der Waals surface area contributed by atoms with E-state index in [9.17, 15) is 18.8 Å². The number of esters is 1. The molecule has 0 radical (unpaired) electrons. The third-order valence-electron chi connectivity index (χ3n) is 3.39. The van der Waals surface area contributed by atoms with Crippen LogP contribution in [0.4, 0.5) is 4.39 Å². The second kappa shape index (κ2) is 10.0. The molecule has 2 N–H and O–H groups in total. The van der Waals surface area contributed by atoms with Crippen LogP contribution in [0.5, 0.6) is 0 Å². The molecule has 0 aliphatic rings. The molecular formula is C17H20FN3O4. The summed E-state index contributed by atoms with van der Waals surface area (Å²) in [6.45, 7) is 1.26. The van der Waals surface area contributed by atoms with Gasteiger partial charge in [-0.05, 0) is 24.1 Å². The number of halogens is 1. The highest BCUT2D eigenvalue weighted by molar-refractivity contribution is 5.90. The van der Waals surface area contributed by atoms with Crippen LogP contribution in [0.1, 0.15) is 25.3 Å². The van der Waals surface area contributed by atoms with Gasteiger partial charge < -0.3 is 15.4 Å². The molecule has 0 unspecified atom stereocenters. The fraction of sp³-hybridized carbons (Fsp3) is 0.412. The van der Waals surface area contributed by atoms with Crippen molar-refractivity contribution < 1.29 is 23.5 Å². The molecule has 134 valence electrons. The van der Waals surface area contributed by atoms with Crippen LogP contribution in [0.25, 0.3) is 0 Å². The molecule has 0 bridgehead atoms. The van der Waals surface area contributed by atoms with Gasteiger partial charge in [0.25, 0.3) is 0 Å². The Morgan fingerprint density at radius 1 is 1.20 bits per heavy atom. The Hall–Kier alpha value is -2.95. The summed E-state index contributed by atoms with van der Waals surface area (Å²) in [5, 5.41) is 13.6. The minimum Gasteiger partial charge on any atom is -0.467 e. The van der Waals surface area contributed by atoms with Gasteiger partial charge in [0.15, 0.2) is 0 Å². The summed E-state index contributed by atoms with van der Waals surface area (Å²) in [4.78, 5) is 35.5. The van der Waals surface area contributed by atoms with Crippen LogP contribution in [-0.2, 0) is 25.5 Å². The highest BCUT2D eigenvalue weighted by Crippen LogP contribution is 2.07. The lowest BCUT2D eigenvalue weighted by Crippen LogP contribution is -2.52. The maximum absolute atomic E-state index is 13.0. The number of hydrogen-bond acceptors (Lipinski definition) is 5. The molecular weight excluding hydrogens is 329 g/mol. The molecule has 0 aliphatic heterocycles. The highest BCUT2D eigenvalue weighted by atomic mass is 19.1. The molecule has 8 heteroatoms. The molecule has 1 rings (SSSR count). The Morgan fingerprint density at radius 2 is 1.84 bits per heavy atom. The van der Waals surface area contributed by atoms with Crippen molar-refractivity contribution >= 4 is 17.8 Å². The molecule has 25 heavy (non-hydrogen) atoms. The maximum Gasteiger partial charge on any atom is 0.328 e. The molecule has 1 aromatic rings. The number of benzene rings is 1. The summed E-state index contributed by atoms with van der Waals surface area (Å²) in [5.74, 6) is -2.10. The summed E-state index contributed by atoms with van der Waals surface area (Å²) in [6, 6.07) is 5.48. The topological polar surface area (TPSA) is 108 Å². The summed E-state index contributed by atoms with van der Waals surface area (Å²) in [5.41, 5.74) is 0.641. The second-order valence-electron chi connectivity index (χ2n) is 5.36. The van der Waals surface area contributed by atoms with E-state index in [1.54, 1.807) is 0 Å². The SMILES string of the molecule is COC(=O)[C@@H](CCC#N)NC(=O)[C@H](Cc1ccc(F)cc1)NC(C)=O. The lowest BCUT2D eigenvalue weighted by Gasteiger charge is -2.21. The first-order chi connectivity index (χ1) is 11.9. The minimum absolute atomic E-state index is 0.0583. The number of carbonyl (C=O) groups is 3. The first-order valence-corrected chi connectivity index (χ1v) is 7.64. The normalized spacial score (nSPS) is 12.4. The van der Waals surface area contributed by atoms with E-state index in [1.807, 2.05) is 6.07 Å². The van der Waals surface area contributed by atoms with Crippen molar-refractivity contribution in [3.63, 3.8) is 0 Å². The summed E-state index contributed by atoms with van der Waals surface area (Å²) < 4.78 is 17.6. The van der Waals surface area contributed by atoms with Crippen molar-refractivity contribution in [3.05, 3.63) is 35.6 Å². The molecule has 0 saturated carbocycles. The van der Waals surface area contributed by atoms with E-state index in [-0.39, 0.29) is 19.3 Å². The fourth-order valence-corrected chi connectivity index (χ4v) is 2.18. The fourth-order valence-electron chi connectivity index (χ4n) is 2.18. The number of nitrogens with one attached hydrogen (secondary N) is 2.